The van der Waals surface area contributed by atoms with Crippen molar-refractivity contribution in [3.8, 4) is 0 Å². The second-order valence-corrected chi connectivity index (χ2v) is 4.71. The number of nitrogens with one attached hydrogen (secondary N) is 1. The van der Waals surface area contributed by atoms with E-state index >= 15 is 0 Å². The largest absolute Gasteiger partial charge is 0.479 e. The van der Waals surface area contributed by atoms with Gasteiger partial charge in [0.25, 0.3) is 0 Å². The maximum Gasteiger partial charge on any atom is 0.330 e. The highest BCUT2D eigenvalue weighted by Gasteiger charge is 2.20. The number of carbonyl (C=O) groups is 1. The van der Waals surface area contributed by atoms with Crippen molar-refractivity contribution >= 4 is 23.3 Å². The summed E-state index contributed by atoms with van der Waals surface area (Å²) in [5.74, 6) is -0.941. The minimum absolute atomic E-state index is 0.501. The van der Waals surface area contributed by atoms with E-state index in [0.717, 1.165) is 5.56 Å². The van der Waals surface area contributed by atoms with Crippen LogP contribution in [0.15, 0.2) is 48.5 Å². The molecule has 0 amide bonds. The summed E-state index contributed by atoms with van der Waals surface area (Å²) in [4.78, 5) is 11.4. The molecule has 2 aromatic rings. The molecule has 0 bridgehead atoms. The van der Waals surface area contributed by atoms with E-state index in [2.05, 4.69) is 5.32 Å². The molecule has 0 saturated heterocycles. The summed E-state index contributed by atoms with van der Waals surface area (Å²) in [6, 6.07) is 13.7. The van der Waals surface area contributed by atoms with Crippen molar-refractivity contribution in [2.24, 2.45) is 0 Å². The first kappa shape index (κ1) is 13.4. The van der Waals surface area contributed by atoms with Gasteiger partial charge in [0, 0.05) is 0 Å². The molecule has 3 nitrogen and oxygen atoms in total. The zero-order valence-electron chi connectivity index (χ0n) is 10.4. The summed E-state index contributed by atoms with van der Waals surface area (Å²) in [7, 11) is 0. The molecule has 2 N–H and O–H groups in total. The molecule has 0 fully saturated rings. The van der Waals surface area contributed by atoms with E-state index in [0.29, 0.717) is 16.3 Å². The number of hydrogen-bond donors (Lipinski definition) is 2. The van der Waals surface area contributed by atoms with Gasteiger partial charge in [-0.05, 0) is 24.6 Å². The zero-order chi connectivity index (χ0) is 13.8. The average molecular weight is 276 g/mol. The molecule has 2 rings (SSSR count). The van der Waals surface area contributed by atoms with Gasteiger partial charge >= 0.3 is 5.97 Å². The van der Waals surface area contributed by atoms with Crippen molar-refractivity contribution < 1.29 is 9.90 Å². The van der Waals surface area contributed by atoms with E-state index in [4.69, 9.17) is 11.6 Å². The summed E-state index contributed by atoms with van der Waals surface area (Å²) in [5.41, 5.74) is 2.39. The van der Waals surface area contributed by atoms with Crippen molar-refractivity contribution in [3.05, 3.63) is 64.7 Å². The van der Waals surface area contributed by atoms with Gasteiger partial charge in [-0.3, -0.25) is 0 Å². The van der Waals surface area contributed by atoms with Gasteiger partial charge in [-0.25, -0.2) is 4.79 Å². The lowest BCUT2D eigenvalue weighted by Crippen LogP contribution is -2.20. The first-order chi connectivity index (χ1) is 9.08. The smallest absolute Gasteiger partial charge is 0.330 e. The quantitative estimate of drug-likeness (QED) is 0.890. The minimum Gasteiger partial charge on any atom is -0.479 e. The average Bonchev–Trinajstić information content (AvgIpc) is 2.39. The van der Waals surface area contributed by atoms with Gasteiger partial charge in [-0.2, -0.15) is 0 Å². The molecule has 0 aliphatic heterocycles. The third-order valence-electron chi connectivity index (χ3n) is 2.83. The number of aryl methyl sites for hydroxylation is 1. The lowest BCUT2D eigenvalue weighted by Gasteiger charge is -2.17. The van der Waals surface area contributed by atoms with Gasteiger partial charge < -0.3 is 10.4 Å². The lowest BCUT2D eigenvalue weighted by molar-refractivity contribution is -0.138. The molecule has 0 heterocycles. The van der Waals surface area contributed by atoms with Gasteiger partial charge in [-0.15, -0.1) is 0 Å². The Morgan fingerprint density at radius 1 is 1.16 bits per heavy atom. The Morgan fingerprint density at radius 3 is 2.37 bits per heavy atom. The van der Waals surface area contributed by atoms with Crippen LogP contribution < -0.4 is 5.32 Å². The van der Waals surface area contributed by atoms with Gasteiger partial charge in [0.2, 0.25) is 0 Å². The second kappa shape index (κ2) is 5.76. The first-order valence-electron chi connectivity index (χ1n) is 5.88. The van der Waals surface area contributed by atoms with Crippen molar-refractivity contribution in [3.63, 3.8) is 0 Å². The van der Waals surface area contributed by atoms with Crippen LogP contribution >= 0.6 is 11.6 Å². The number of hydrogen-bond acceptors (Lipinski definition) is 2. The van der Waals surface area contributed by atoms with Crippen LogP contribution in [-0.4, -0.2) is 11.1 Å². The Labute approximate surface area is 116 Å². The molecular formula is C15H14ClNO2. The number of rotatable bonds is 4. The third-order valence-corrected chi connectivity index (χ3v) is 3.16. The summed E-state index contributed by atoms with van der Waals surface area (Å²) in [6.45, 7) is 1.96. The van der Waals surface area contributed by atoms with E-state index < -0.39 is 12.0 Å². The molecule has 4 heteroatoms. The number of carboxylic acid groups (broad SMARTS) is 1. The molecule has 1 unspecified atom stereocenters. The van der Waals surface area contributed by atoms with Crippen molar-refractivity contribution in [1.82, 2.24) is 0 Å². The highest BCUT2D eigenvalue weighted by atomic mass is 35.5. The van der Waals surface area contributed by atoms with Gasteiger partial charge in [0.1, 0.15) is 0 Å². The minimum atomic E-state index is -0.941. The predicted octanol–water partition coefficient (Wildman–Crippen LogP) is 3.89. The second-order valence-electron chi connectivity index (χ2n) is 4.31. The summed E-state index contributed by atoms with van der Waals surface area (Å²) >= 11 is 6.03. The van der Waals surface area contributed by atoms with Gasteiger partial charge in [0.15, 0.2) is 6.04 Å². The van der Waals surface area contributed by atoms with Crippen molar-refractivity contribution in [1.29, 1.82) is 0 Å². The van der Waals surface area contributed by atoms with Crippen molar-refractivity contribution in [2.45, 2.75) is 13.0 Å². The molecule has 19 heavy (non-hydrogen) atoms. The maximum atomic E-state index is 11.4. The number of anilines is 1. The Hall–Kier alpha value is -2.00. The molecule has 0 aromatic heterocycles. The van der Waals surface area contributed by atoms with E-state index in [-0.39, 0.29) is 0 Å². The standard InChI is InChI=1S/C15H14ClNO2/c1-10-6-8-11(9-7-10)14(15(18)19)17-13-5-3-2-4-12(13)16/h2-9,14,17H,1H3,(H,18,19). The van der Waals surface area contributed by atoms with E-state index in [1.165, 1.54) is 0 Å². The Bertz CT molecular complexity index is 581. The van der Waals surface area contributed by atoms with Crippen LogP contribution in [0.25, 0.3) is 0 Å². The third kappa shape index (κ3) is 3.26. The Kier molecular flexibility index (Phi) is 4.07. The lowest BCUT2D eigenvalue weighted by atomic mass is 10.0. The molecule has 0 aliphatic carbocycles. The first-order valence-corrected chi connectivity index (χ1v) is 6.26. The number of halogens is 1. The molecule has 0 radical (unpaired) electrons. The fourth-order valence-electron chi connectivity index (χ4n) is 1.78. The monoisotopic (exact) mass is 275 g/mol. The van der Waals surface area contributed by atoms with Crippen LogP contribution in [-0.2, 0) is 4.79 Å². The van der Waals surface area contributed by atoms with Crippen LogP contribution in [0.3, 0.4) is 0 Å². The number of benzene rings is 2. The number of aliphatic carboxylic acids is 1. The van der Waals surface area contributed by atoms with Crippen LogP contribution in [0.5, 0.6) is 0 Å². The summed E-state index contributed by atoms with van der Waals surface area (Å²) in [6.07, 6.45) is 0. The molecule has 98 valence electrons. The van der Waals surface area contributed by atoms with E-state index in [9.17, 15) is 9.90 Å². The fraction of sp³-hybridized carbons (Fsp3) is 0.133. The van der Waals surface area contributed by atoms with Crippen LogP contribution in [0, 0.1) is 6.92 Å². The molecule has 2 aromatic carbocycles. The van der Waals surface area contributed by atoms with Crippen LogP contribution in [0.1, 0.15) is 17.2 Å². The predicted molar refractivity (Wildman–Crippen MR) is 76.6 cm³/mol. The number of para-hydroxylation sites is 1. The molecule has 1 atom stereocenters. The van der Waals surface area contributed by atoms with Crippen molar-refractivity contribution in [2.75, 3.05) is 5.32 Å². The number of carboxylic acids is 1. The summed E-state index contributed by atoms with van der Waals surface area (Å²) < 4.78 is 0. The van der Waals surface area contributed by atoms with Crippen LogP contribution in [0.2, 0.25) is 5.02 Å². The summed E-state index contributed by atoms with van der Waals surface area (Å²) in [5, 5.41) is 12.8. The zero-order valence-corrected chi connectivity index (χ0v) is 11.2. The molecule has 0 spiro atoms. The molecule has 0 saturated carbocycles. The maximum absolute atomic E-state index is 11.4. The Morgan fingerprint density at radius 2 is 1.79 bits per heavy atom. The van der Waals surface area contributed by atoms with Gasteiger partial charge in [0.05, 0.1) is 10.7 Å². The highest BCUT2D eigenvalue weighted by Crippen LogP contribution is 2.26. The van der Waals surface area contributed by atoms with Crippen LogP contribution in [0.4, 0.5) is 5.69 Å². The molecule has 0 aliphatic rings. The van der Waals surface area contributed by atoms with E-state index in [1.54, 1.807) is 30.3 Å². The topological polar surface area (TPSA) is 49.3 Å². The van der Waals surface area contributed by atoms with Gasteiger partial charge in [-0.1, -0.05) is 53.6 Å². The SMILES string of the molecule is Cc1ccc(C(Nc2ccccc2Cl)C(=O)O)cc1. The molecular weight excluding hydrogens is 262 g/mol. The normalized spacial score (nSPS) is 11.9. The fourth-order valence-corrected chi connectivity index (χ4v) is 1.97. The van der Waals surface area contributed by atoms with E-state index in [1.807, 2.05) is 25.1 Å². The highest BCUT2D eigenvalue weighted by molar-refractivity contribution is 6.33. The Balaban J connectivity index is 2.29.